The summed E-state index contributed by atoms with van der Waals surface area (Å²) >= 11 is 0. The second kappa shape index (κ2) is 4.39. The molecule has 0 aliphatic carbocycles. The summed E-state index contributed by atoms with van der Waals surface area (Å²) in [4.78, 5) is 11.0. The third-order valence-electron chi connectivity index (χ3n) is 2.61. The van der Waals surface area contributed by atoms with Crippen LogP contribution in [-0.2, 0) is 17.8 Å². The molecule has 1 N–H and O–H groups in total. The number of carbonyl (C=O) groups excluding carboxylic acids is 1. The molecule has 0 bridgehead atoms. The van der Waals surface area contributed by atoms with Gasteiger partial charge >= 0.3 is 0 Å². The first kappa shape index (κ1) is 10.7. The van der Waals surface area contributed by atoms with E-state index in [1.54, 1.807) is 0 Å². The number of fused-ring (bicyclic) bond motifs is 1. The van der Waals surface area contributed by atoms with Gasteiger partial charge in [-0.2, -0.15) is 0 Å². The Morgan fingerprint density at radius 3 is 3.25 bits per heavy atom. The van der Waals surface area contributed by atoms with Gasteiger partial charge in [-0.15, -0.1) is 0 Å². The number of carbonyl (C=O) groups is 1. The lowest BCUT2D eigenvalue weighted by molar-refractivity contribution is -0.116. The average Bonchev–Trinajstić information content (AvgIpc) is 2.65. The van der Waals surface area contributed by atoms with Crippen LogP contribution in [-0.4, -0.2) is 12.0 Å². The highest BCUT2D eigenvalue weighted by atomic mass is 16.5. The Hall–Kier alpha value is -1.77. The van der Waals surface area contributed by atoms with Gasteiger partial charge in [-0.25, -0.2) is 0 Å². The first-order valence-electron chi connectivity index (χ1n) is 5.38. The Balaban J connectivity index is 2.05. The number of ether oxygens (including phenoxy) is 1. The van der Waals surface area contributed by atoms with Gasteiger partial charge in [0, 0.05) is 13.0 Å². The smallest absolute Gasteiger partial charge is 0.243 e. The molecule has 16 heavy (non-hydrogen) atoms. The fourth-order valence-corrected chi connectivity index (χ4v) is 1.85. The molecule has 1 heterocycles. The van der Waals surface area contributed by atoms with Crippen LogP contribution >= 0.6 is 0 Å². The Morgan fingerprint density at radius 1 is 1.69 bits per heavy atom. The van der Waals surface area contributed by atoms with E-state index in [9.17, 15) is 4.79 Å². The van der Waals surface area contributed by atoms with Gasteiger partial charge in [0.15, 0.2) is 0 Å². The fourth-order valence-electron chi connectivity index (χ4n) is 1.85. The quantitative estimate of drug-likeness (QED) is 0.784. The zero-order chi connectivity index (χ0) is 11.5. The molecular formula is C13H15NO2. The normalized spacial score (nSPS) is 17.4. The molecule has 0 spiro atoms. The number of nitrogens with one attached hydrogen (secondary N) is 1. The molecule has 84 valence electrons. The summed E-state index contributed by atoms with van der Waals surface area (Å²) in [5.41, 5.74) is 2.31. The van der Waals surface area contributed by atoms with Gasteiger partial charge in [-0.1, -0.05) is 18.7 Å². The van der Waals surface area contributed by atoms with Crippen LogP contribution in [0.2, 0.25) is 0 Å². The standard InChI is InChI=1S/C13H15NO2/c1-3-13(15)14-8-10-4-5-12-11(7-10)6-9(2)16-12/h3-5,7,9H,1,6,8H2,2H3,(H,14,15). The molecule has 0 saturated heterocycles. The Kier molecular flexibility index (Phi) is 2.95. The summed E-state index contributed by atoms with van der Waals surface area (Å²) in [7, 11) is 0. The Morgan fingerprint density at radius 2 is 2.50 bits per heavy atom. The van der Waals surface area contributed by atoms with Crippen molar-refractivity contribution in [2.75, 3.05) is 0 Å². The molecular weight excluding hydrogens is 202 g/mol. The van der Waals surface area contributed by atoms with E-state index in [0.717, 1.165) is 17.7 Å². The minimum Gasteiger partial charge on any atom is -0.490 e. The average molecular weight is 217 g/mol. The molecule has 1 aromatic carbocycles. The van der Waals surface area contributed by atoms with Gasteiger partial charge < -0.3 is 10.1 Å². The maximum atomic E-state index is 11.0. The van der Waals surface area contributed by atoms with E-state index in [2.05, 4.69) is 24.9 Å². The van der Waals surface area contributed by atoms with Gasteiger partial charge in [-0.3, -0.25) is 4.79 Å². The van der Waals surface area contributed by atoms with Crippen molar-refractivity contribution in [3.8, 4) is 5.75 Å². The van der Waals surface area contributed by atoms with Gasteiger partial charge in [0.05, 0.1) is 0 Å². The van der Waals surface area contributed by atoms with E-state index >= 15 is 0 Å². The van der Waals surface area contributed by atoms with Gasteiger partial charge in [0.1, 0.15) is 11.9 Å². The summed E-state index contributed by atoms with van der Waals surface area (Å²) in [6.45, 7) is 6.00. The Labute approximate surface area is 95.1 Å². The third kappa shape index (κ3) is 2.24. The highest BCUT2D eigenvalue weighted by Crippen LogP contribution is 2.29. The minimum absolute atomic E-state index is 0.148. The molecule has 2 rings (SSSR count). The highest BCUT2D eigenvalue weighted by molar-refractivity contribution is 5.86. The molecule has 1 unspecified atom stereocenters. The van der Waals surface area contributed by atoms with Crippen LogP contribution in [0.5, 0.6) is 5.75 Å². The van der Waals surface area contributed by atoms with Crippen molar-refractivity contribution < 1.29 is 9.53 Å². The van der Waals surface area contributed by atoms with Crippen LogP contribution in [0.3, 0.4) is 0 Å². The van der Waals surface area contributed by atoms with E-state index < -0.39 is 0 Å². The van der Waals surface area contributed by atoms with Crippen molar-refractivity contribution in [1.29, 1.82) is 0 Å². The molecule has 0 fully saturated rings. The molecule has 3 heteroatoms. The monoisotopic (exact) mass is 217 g/mol. The highest BCUT2D eigenvalue weighted by Gasteiger charge is 2.18. The van der Waals surface area contributed by atoms with E-state index in [0.29, 0.717) is 6.54 Å². The molecule has 3 nitrogen and oxygen atoms in total. The van der Waals surface area contributed by atoms with E-state index in [-0.39, 0.29) is 12.0 Å². The largest absolute Gasteiger partial charge is 0.490 e. The predicted octanol–water partition coefficient (Wildman–Crippen LogP) is 1.81. The molecule has 0 saturated carbocycles. The number of amides is 1. The second-order valence-corrected chi connectivity index (χ2v) is 4.00. The summed E-state index contributed by atoms with van der Waals surface area (Å²) in [5, 5.41) is 2.75. The van der Waals surface area contributed by atoms with Crippen molar-refractivity contribution in [1.82, 2.24) is 5.32 Å². The van der Waals surface area contributed by atoms with E-state index in [4.69, 9.17) is 4.74 Å². The van der Waals surface area contributed by atoms with Gasteiger partial charge in [-0.05, 0) is 30.2 Å². The molecule has 0 radical (unpaired) electrons. The summed E-state index contributed by atoms with van der Waals surface area (Å²) in [6, 6.07) is 6.02. The number of rotatable bonds is 3. The van der Waals surface area contributed by atoms with Gasteiger partial charge in [0.25, 0.3) is 0 Å². The predicted molar refractivity (Wildman–Crippen MR) is 62.3 cm³/mol. The molecule has 1 amide bonds. The van der Waals surface area contributed by atoms with Crippen LogP contribution in [0.25, 0.3) is 0 Å². The maximum Gasteiger partial charge on any atom is 0.243 e. The second-order valence-electron chi connectivity index (χ2n) is 4.00. The van der Waals surface area contributed by atoms with Crippen LogP contribution in [0, 0.1) is 0 Å². The lowest BCUT2D eigenvalue weighted by atomic mass is 10.1. The molecule has 1 atom stereocenters. The number of hydrogen-bond acceptors (Lipinski definition) is 2. The lowest BCUT2D eigenvalue weighted by Crippen LogP contribution is -2.19. The van der Waals surface area contributed by atoms with Crippen molar-refractivity contribution >= 4 is 5.91 Å². The van der Waals surface area contributed by atoms with Crippen LogP contribution in [0.1, 0.15) is 18.1 Å². The third-order valence-corrected chi connectivity index (χ3v) is 2.61. The molecule has 0 aromatic heterocycles. The van der Waals surface area contributed by atoms with E-state index in [1.807, 2.05) is 12.1 Å². The van der Waals surface area contributed by atoms with Crippen molar-refractivity contribution in [3.63, 3.8) is 0 Å². The lowest BCUT2D eigenvalue weighted by Gasteiger charge is -2.05. The van der Waals surface area contributed by atoms with Gasteiger partial charge in [0.2, 0.25) is 5.91 Å². The topological polar surface area (TPSA) is 38.3 Å². The molecule has 1 aliphatic rings. The maximum absolute atomic E-state index is 11.0. The summed E-state index contributed by atoms with van der Waals surface area (Å²) < 4.78 is 5.61. The number of hydrogen-bond donors (Lipinski definition) is 1. The molecule has 1 aromatic rings. The van der Waals surface area contributed by atoms with Crippen molar-refractivity contribution in [2.45, 2.75) is 26.0 Å². The fraction of sp³-hybridized carbons (Fsp3) is 0.308. The first-order chi connectivity index (χ1) is 7.69. The molecule has 1 aliphatic heterocycles. The van der Waals surface area contributed by atoms with Crippen molar-refractivity contribution in [3.05, 3.63) is 42.0 Å². The summed E-state index contributed by atoms with van der Waals surface area (Å²) in [6.07, 6.45) is 2.48. The number of benzene rings is 1. The summed E-state index contributed by atoms with van der Waals surface area (Å²) in [5.74, 6) is 0.816. The Bertz CT molecular complexity index is 426. The zero-order valence-corrected chi connectivity index (χ0v) is 9.32. The first-order valence-corrected chi connectivity index (χ1v) is 5.38. The minimum atomic E-state index is -0.148. The van der Waals surface area contributed by atoms with E-state index in [1.165, 1.54) is 11.6 Å². The van der Waals surface area contributed by atoms with Crippen molar-refractivity contribution in [2.24, 2.45) is 0 Å². The van der Waals surface area contributed by atoms with Crippen LogP contribution in [0.15, 0.2) is 30.9 Å². The SMILES string of the molecule is C=CC(=O)NCc1ccc2c(c1)CC(C)O2. The van der Waals surface area contributed by atoms with Crippen LogP contribution < -0.4 is 10.1 Å². The van der Waals surface area contributed by atoms with Crippen LogP contribution in [0.4, 0.5) is 0 Å². The zero-order valence-electron chi connectivity index (χ0n) is 9.32.